The number of carboxylic acid groups (broad SMARTS) is 1. The third kappa shape index (κ3) is 4.84. The van der Waals surface area contributed by atoms with Gasteiger partial charge >= 0.3 is 5.97 Å². The molecule has 1 aromatic heterocycles. The number of aryl methyl sites for hydroxylation is 1. The highest BCUT2D eigenvalue weighted by Gasteiger charge is 2.34. The number of unbranched alkanes of at least 4 members (excludes halogenated alkanes) is 1. The quantitative estimate of drug-likeness (QED) is 0.650. The zero-order valence-electron chi connectivity index (χ0n) is 17.4. The van der Waals surface area contributed by atoms with Crippen LogP contribution in [-0.2, 0) is 29.1 Å². The average molecular weight is 434 g/mol. The fraction of sp³-hybridized carbons (Fsp3) is 0.500. The van der Waals surface area contributed by atoms with Crippen molar-refractivity contribution in [3.63, 3.8) is 0 Å². The highest BCUT2D eigenvalue weighted by atomic mass is 35.5. The molecule has 0 unspecified atom stereocenters. The fourth-order valence-electron chi connectivity index (χ4n) is 3.86. The molecule has 0 spiro atoms. The number of methoxy groups -OCH3 is 1. The first kappa shape index (κ1) is 22.3. The van der Waals surface area contributed by atoms with Gasteiger partial charge in [0, 0.05) is 32.2 Å². The summed E-state index contributed by atoms with van der Waals surface area (Å²) in [6, 6.07) is 6.58. The maximum absolute atomic E-state index is 12.8. The zero-order valence-corrected chi connectivity index (χ0v) is 18.2. The summed E-state index contributed by atoms with van der Waals surface area (Å²) >= 11 is 6.34. The molecule has 0 aliphatic carbocycles. The van der Waals surface area contributed by atoms with Gasteiger partial charge in [0.05, 0.1) is 12.3 Å². The molecule has 2 aromatic rings. The number of halogens is 1. The van der Waals surface area contributed by atoms with Crippen LogP contribution in [0.1, 0.15) is 60.0 Å². The van der Waals surface area contributed by atoms with Gasteiger partial charge in [-0.15, -0.1) is 0 Å². The van der Waals surface area contributed by atoms with E-state index in [4.69, 9.17) is 16.3 Å². The Morgan fingerprint density at radius 3 is 2.67 bits per heavy atom. The Labute approximate surface area is 181 Å². The van der Waals surface area contributed by atoms with Crippen molar-refractivity contribution < 1.29 is 19.4 Å². The molecule has 3 rings (SSSR count). The maximum Gasteiger partial charge on any atom is 0.326 e. The van der Waals surface area contributed by atoms with Crippen LogP contribution in [0.25, 0.3) is 0 Å². The fourth-order valence-corrected chi connectivity index (χ4v) is 4.11. The largest absolute Gasteiger partial charge is 0.480 e. The van der Waals surface area contributed by atoms with Crippen LogP contribution in [0, 0.1) is 0 Å². The summed E-state index contributed by atoms with van der Waals surface area (Å²) in [6.07, 6.45) is 4.14. The molecule has 1 aliphatic heterocycles. The van der Waals surface area contributed by atoms with Crippen molar-refractivity contribution in [2.45, 2.75) is 58.2 Å². The highest BCUT2D eigenvalue weighted by Crippen LogP contribution is 2.23. The molecule has 7 nitrogen and oxygen atoms in total. The van der Waals surface area contributed by atoms with Gasteiger partial charge in [-0.25, -0.2) is 9.78 Å². The van der Waals surface area contributed by atoms with Crippen LogP contribution in [-0.4, -0.2) is 51.1 Å². The molecule has 0 bridgehead atoms. The van der Waals surface area contributed by atoms with Crippen LogP contribution < -0.4 is 0 Å². The Morgan fingerprint density at radius 2 is 2.03 bits per heavy atom. The van der Waals surface area contributed by atoms with Gasteiger partial charge in [-0.3, -0.25) is 4.79 Å². The normalized spacial score (nSPS) is 16.2. The van der Waals surface area contributed by atoms with E-state index in [1.54, 1.807) is 19.2 Å². The van der Waals surface area contributed by atoms with Crippen molar-refractivity contribution in [1.29, 1.82) is 0 Å². The van der Waals surface area contributed by atoms with Gasteiger partial charge in [0.1, 0.15) is 11.9 Å². The Morgan fingerprint density at radius 1 is 1.30 bits per heavy atom. The topological polar surface area (TPSA) is 84.7 Å². The molecule has 30 heavy (non-hydrogen) atoms. The number of amides is 1. The molecule has 1 fully saturated rings. The van der Waals surface area contributed by atoms with Gasteiger partial charge in [0.2, 0.25) is 0 Å². The second-order valence-corrected chi connectivity index (χ2v) is 7.94. The minimum absolute atomic E-state index is 0.235. The first-order valence-corrected chi connectivity index (χ1v) is 10.7. The van der Waals surface area contributed by atoms with Crippen LogP contribution in [0.15, 0.2) is 24.3 Å². The number of carboxylic acids is 1. The summed E-state index contributed by atoms with van der Waals surface area (Å²) < 4.78 is 7.38. The molecule has 1 aliphatic rings. The lowest BCUT2D eigenvalue weighted by molar-refractivity contribution is -0.141. The van der Waals surface area contributed by atoms with Crippen molar-refractivity contribution >= 4 is 23.5 Å². The molecule has 1 aromatic carbocycles. The smallest absolute Gasteiger partial charge is 0.326 e. The van der Waals surface area contributed by atoms with Crippen LogP contribution >= 0.6 is 11.6 Å². The van der Waals surface area contributed by atoms with Gasteiger partial charge in [-0.2, -0.15) is 0 Å². The van der Waals surface area contributed by atoms with E-state index in [2.05, 4.69) is 16.5 Å². The number of imidazole rings is 1. The van der Waals surface area contributed by atoms with E-state index in [9.17, 15) is 14.7 Å². The Balaban J connectivity index is 1.79. The number of nitrogens with zero attached hydrogens (tertiary/aromatic N) is 3. The minimum Gasteiger partial charge on any atom is -0.480 e. The van der Waals surface area contributed by atoms with E-state index in [0.29, 0.717) is 43.3 Å². The minimum atomic E-state index is -0.945. The molecule has 1 N–H and O–H groups in total. The van der Waals surface area contributed by atoms with Gasteiger partial charge in [-0.1, -0.05) is 37.1 Å². The second-order valence-electron chi connectivity index (χ2n) is 7.58. The predicted octanol–water partition coefficient (Wildman–Crippen LogP) is 3.76. The number of benzene rings is 1. The molecule has 1 atom stereocenters. The van der Waals surface area contributed by atoms with E-state index in [0.717, 1.165) is 36.3 Å². The highest BCUT2D eigenvalue weighted by molar-refractivity contribution is 6.30. The van der Waals surface area contributed by atoms with Crippen LogP contribution in [0.3, 0.4) is 0 Å². The van der Waals surface area contributed by atoms with E-state index in [1.807, 2.05) is 12.1 Å². The van der Waals surface area contributed by atoms with E-state index >= 15 is 0 Å². The molecule has 0 saturated carbocycles. The lowest BCUT2D eigenvalue weighted by Gasteiger charge is -2.21. The Bertz CT molecular complexity index is 895. The van der Waals surface area contributed by atoms with Crippen molar-refractivity contribution in [2.75, 3.05) is 13.7 Å². The lowest BCUT2D eigenvalue weighted by Crippen LogP contribution is -2.40. The lowest BCUT2D eigenvalue weighted by atomic mass is 10.1. The number of carbonyl (C=O) groups is 2. The molecule has 0 radical (unpaired) electrons. The summed E-state index contributed by atoms with van der Waals surface area (Å²) in [6.45, 7) is 3.57. The molecular weight excluding hydrogens is 406 g/mol. The molecular formula is C22H28ClN3O4. The maximum atomic E-state index is 12.8. The predicted molar refractivity (Wildman–Crippen MR) is 114 cm³/mol. The number of ether oxygens (including phenoxy) is 1. The Kier molecular flexibility index (Phi) is 7.50. The third-order valence-corrected chi connectivity index (χ3v) is 5.78. The number of aromatic nitrogens is 2. The molecule has 8 heteroatoms. The van der Waals surface area contributed by atoms with Crippen LogP contribution in [0.5, 0.6) is 0 Å². The standard InChI is InChI=1S/C22H28ClN3O4/c1-3-4-7-19-24-20(23)18(14-30-2)26(19)13-15-8-10-16(11-9-15)21(27)25-12-5-6-17(25)22(28)29/h8-11,17H,3-7,12-14H2,1-2H3,(H,28,29)/t17-/m1/s1. The zero-order chi connectivity index (χ0) is 21.7. The first-order valence-electron chi connectivity index (χ1n) is 10.3. The Hall–Kier alpha value is -2.38. The second kappa shape index (κ2) is 10.1. The first-order chi connectivity index (χ1) is 14.5. The average Bonchev–Trinajstić information content (AvgIpc) is 3.33. The SMILES string of the molecule is CCCCc1nc(Cl)c(COC)n1Cc1ccc(C(=O)N2CCC[C@@H]2C(=O)O)cc1. The van der Waals surface area contributed by atoms with Gasteiger partial charge in [-0.05, 0) is 37.0 Å². The van der Waals surface area contributed by atoms with Crippen LogP contribution in [0.2, 0.25) is 5.15 Å². The van der Waals surface area contributed by atoms with Crippen molar-refractivity contribution in [2.24, 2.45) is 0 Å². The monoisotopic (exact) mass is 433 g/mol. The van der Waals surface area contributed by atoms with E-state index < -0.39 is 12.0 Å². The number of hydrogen-bond acceptors (Lipinski definition) is 4. The summed E-state index contributed by atoms with van der Waals surface area (Å²) in [5.41, 5.74) is 2.34. The molecule has 1 amide bonds. The summed E-state index contributed by atoms with van der Waals surface area (Å²) in [4.78, 5) is 30.1. The number of rotatable bonds is 9. The molecule has 1 saturated heterocycles. The summed E-state index contributed by atoms with van der Waals surface area (Å²) in [5.74, 6) is -0.254. The number of likely N-dealkylation sites (tertiary alicyclic amines) is 1. The summed E-state index contributed by atoms with van der Waals surface area (Å²) in [5, 5.41) is 9.78. The van der Waals surface area contributed by atoms with E-state index in [-0.39, 0.29) is 5.91 Å². The van der Waals surface area contributed by atoms with Crippen molar-refractivity contribution in [1.82, 2.24) is 14.5 Å². The molecule has 162 valence electrons. The van der Waals surface area contributed by atoms with Crippen LogP contribution in [0.4, 0.5) is 0 Å². The number of hydrogen-bond donors (Lipinski definition) is 1. The van der Waals surface area contributed by atoms with Crippen molar-refractivity contribution in [3.05, 3.63) is 52.1 Å². The van der Waals surface area contributed by atoms with Gasteiger partial charge < -0.3 is 19.3 Å². The third-order valence-electron chi connectivity index (χ3n) is 5.48. The van der Waals surface area contributed by atoms with Crippen molar-refractivity contribution in [3.8, 4) is 0 Å². The van der Waals surface area contributed by atoms with E-state index in [1.165, 1.54) is 4.90 Å². The van der Waals surface area contributed by atoms with Gasteiger partial charge in [0.25, 0.3) is 5.91 Å². The van der Waals surface area contributed by atoms with Gasteiger partial charge in [0.15, 0.2) is 5.15 Å². The summed E-state index contributed by atoms with van der Waals surface area (Å²) in [7, 11) is 1.63. The molecule has 2 heterocycles. The number of aliphatic carboxylic acids is 1. The number of carbonyl (C=O) groups excluding carboxylic acids is 1.